The number of halogens is 3. The Bertz CT molecular complexity index is 520. The van der Waals surface area contributed by atoms with Crippen LogP contribution in [0, 0.1) is 5.92 Å². The molecule has 2 rings (SSSR count). The second-order valence-electron chi connectivity index (χ2n) is 4.24. The van der Waals surface area contributed by atoms with E-state index < -0.39 is 24.5 Å². The Balaban J connectivity index is 2.34. The zero-order valence-electron chi connectivity index (χ0n) is 9.78. The number of ether oxygens (including phenoxy) is 1. The molecule has 3 nitrogen and oxygen atoms in total. The van der Waals surface area contributed by atoms with Gasteiger partial charge in [-0.05, 0) is 17.7 Å². The number of carboxylic acid groups (broad SMARTS) is 1. The van der Waals surface area contributed by atoms with E-state index in [9.17, 15) is 18.0 Å². The second kappa shape index (κ2) is 4.95. The standard InChI is InChI=1S/C13H11F3O3/c14-13(15,16)10(6-12(17)18)9-5-8-3-1-2-4-11(8)19-7-9/h1-5,10H,6-7H2,(H,17,18). The molecule has 1 N–H and O–H groups in total. The number of carboxylic acids is 1. The third kappa shape index (κ3) is 3.07. The SMILES string of the molecule is O=C(O)CC(C1=Cc2ccccc2OC1)C(F)(F)F. The van der Waals surface area contributed by atoms with Crippen LogP contribution in [-0.2, 0) is 4.79 Å². The molecule has 1 unspecified atom stereocenters. The lowest BCUT2D eigenvalue weighted by molar-refractivity contribution is -0.174. The van der Waals surface area contributed by atoms with Gasteiger partial charge in [-0.15, -0.1) is 0 Å². The average Bonchev–Trinajstić information content (AvgIpc) is 2.34. The average molecular weight is 272 g/mol. The summed E-state index contributed by atoms with van der Waals surface area (Å²) in [6.45, 7) is -0.242. The van der Waals surface area contributed by atoms with E-state index in [4.69, 9.17) is 9.84 Å². The summed E-state index contributed by atoms with van der Waals surface area (Å²) in [5, 5.41) is 8.61. The monoisotopic (exact) mass is 272 g/mol. The maximum Gasteiger partial charge on any atom is 0.396 e. The van der Waals surface area contributed by atoms with Crippen molar-refractivity contribution in [3.8, 4) is 5.75 Å². The molecule has 1 aromatic carbocycles. The van der Waals surface area contributed by atoms with Gasteiger partial charge in [-0.1, -0.05) is 18.2 Å². The lowest BCUT2D eigenvalue weighted by atomic mass is 9.92. The Morgan fingerprint density at radius 1 is 1.37 bits per heavy atom. The first-order chi connectivity index (χ1) is 8.88. The first-order valence-electron chi connectivity index (χ1n) is 5.58. The summed E-state index contributed by atoms with van der Waals surface area (Å²) in [7, 11) is 0. The second-order valence-corrected chi connectivity index (χ2v) is 4.24. The molecule has 1 aliphatic heterocycles. The van der Waals surface area contributed by atoms with Crippen LogP contribution >= 0.6 is 0 Å². The van der Waals surface area contributed by atoms with E-state index in [1.165, 1.54) is 6.08 Å². The lowest BCUT2D eigenvalue weighted by Crippen LogP contribution is -2.30. The van der Waals surface area contributed by atoms with Gasteiger partial charge >= 0.3 is 12.1 Å². The van der Waals surface area contributed by atoms with Gasteiger partial charge in [0.25, 0.3) is 0 Å². The van der Waals surface area contributed by atoms with Gasteiger partial charge in [-0.3, -0.25) is 4.79 Å². The van der Waals surface area contributed by atoms with Crippen molar-refractivity contribution in [2.75, 3.05) is 6.61 Å². The maximum atomic E-state index is 12.9. The molecular formula is C13H11F3O3. The van der Waals surface area contributed by atoms with E-state index in [1.54, 1.807) is 24.3 Å². The number of fused-ring (bicyclic) bond motifs is 1. The molecule has 0 fully saturated rings. The van der Waals surface area contributed by atoms with Gasteiger partial charge in [0.05, 0.1) is 12.3 Å². The van der Waals surface area contributed by atoms with Crippen LogP contribution in [0.25, 0.3) is 6.08 Å². The molecule has 0 aliphatic carbocycles. The predicted octanol–water partition coefficient (Wildman–Crippen LogP) is 3.12. The number of hydrogen-bond acceptors (Lipinski definition) is 2. The highest BCUT2D eigenvalue weighted by atomic mass is 19.4. The van der Waals surface area contributed by atoms with Crippen LogP contribution in [0.1, 0.15) is 12.0 Å². The first-order valence-corrected chi connectivity index (χ1v) is 5.58. The smallest absolute Gasteiger partial charge is 0.396 e. The first kappa shape index (κ1) is 13.5. The molecule has 0 bridgehead atoms. The van der Waals surface area contributed by atoms with Crippen molar-refractivity contribution >= 4 is 12.0 Å². The molecule has 1 aliphatic rings. The quantitative estimate of drug-likeness (QED) is 0.919. The fourth-order valence-corrected chi connectivity index (χ4v) is 1.97. The lowest BCUT2D eigenvalue weighted by Gasteiger charge is -2.25. The molecule has 1 atom stereocenters. The van der Waals surface area contributed by atoms with Crippen LogP contribution in [0.4, 0.5) is 13.2 Å². The Morgan fingerprint density at radius 3 is 2.68 bits per heavy atom. The molecule has 6 heteroatoms. The van der Waals surface area contributed by atoms with E-state index in [2.05, 4.69) is 0 Å². The van der Waals surface area contributed by atoms with Gasteiger partial charge in [0, 0.05) is 5.56 Å². The molecule has 0 amide bonds. The van der Waals surface area contributed by atoms with Crippen molar-refractivity contribution in [2.45, 2.75) is 12.6 Å². The molecule has 1 aromatic rings. The summed E-state index contributed by atoms with van der Waals surface area (Å²) in [4.78, 5) is 10.6. The van der Waals surface area contributed by atoms with Gasteiger partial charge in [0.15, 0.2) is 0 Å². The summed E-state index contributed by atoms with van der Waals surface area (Å²) in [6.07, 6.45) is -4.22. The Morgan fingerprint density at radius 2 is 2.05 bits per heavy atom. The molecule has 0 saturated heterocycles. The van der Waals surface area contributed by atoms with E-state index in [1.807, 2.05) is 0 Å². The molecule has 0 aromatic heterocycles. The normalized spacial score (nSPS) is 16.1. The largest absolute Gasteiger partial charge is 0.489 e. The molecule has 102 valence electrons. The van der Waals surface area contributed by atoms with Crippen LogP contribution in [-0.4, -0.2) is 23.9 Å². The number of benzene rings is 1. The minimum absolute atomic E-state index is 0.0615. The third-order valence-electron chi connectivity index (χ3n) is 2.88. The highest BCUT2D eigenvalue weighted by Crippen LogP contribution is 2.38. The van der Waals surface area contributed by atoms with Crippen molar-refractivity contribution in [1.29, 1.82) is 0 Å². The fourth-order valence-electron chi connectivity index (χ4n) is 1.97. The Kier molecular flexibility index (Phi) is 3.50. The summed E-state index contributed by atoms with van der Waals surface area (Å²) in [5.74, 6) is -3.00. The topological polar surface area (TPSA) is 46.5 Å². The van der Waals surface area contributed by atoms with Gasteiger partial charge in [0.1, 0.15) is 12.4 Å². The van der Waals surface area contributed by atoms with Crippen molar-refractivity contribution in [1.82, 2.24) is 0 Å². The van der Waals surface area contributed by atoms with E-state index in [-0.39, 0.29) is 12.2 Å². The molecule has 0 spiro atoms. The van der Waals surface area contributed by atoms with Gasteiger partial charge in [0.2, 0.25) is 0 Å². The molecule has 0 saturated carbocycles. The van der Waals surface area contributed by atoms with Crippen LogP contribution in [0.5, 0.6) is 5.75 Å². The van der Waals surface area contributed by atoms with Crippen LogP contribution in [0.3, 0.4) is 0 Å². The van der Waals surface area contributed by atoms with Crippen molar-refractivity contribution in [2.24, 2.45) is 5.92 Å². The summed E-state index contributed by atoms with van der Waals surface area (Å²) in [6, 6.07) is 6.68. The van der Waals surface area contributed by atoms with Crippen LogP contribution < -0.4 is 4.74 Å². The zero-order chi connectivity index (χ0) is 14.0. The Hall–Kier alpha value is -1.98. The van der Waals surface area contributed by atoms with Gasteiger partial charge < -0.3 is 9.84 Å². The van der Waals surface area contributed by atoms with Crippen molar-refractivity contribution in [3.63, 3.8) is 0 Å². The van der Waals surface area contributed by atoms with Crippen molar-refractivity contribution < 1.29 is 27.8 Å². The highest BCUT2D eigenvalue weighted by Gasteiger charge is 2.43. The minimum atomic E-state index is -4.60. The molecular weight excluding hydrogens is 261 g/mol. The number of para-hydroxylation sites is 1. The number of carbonyl (C=O) groups is 1. The maximum absolute atomic E-state index is 12.9. The zero-order valence-corrected chi connectivity index (χ0v) is 9.78. The summed E-state index contributed by atoms with van der Waals surface area (Å²) in [5.41, 5.74) is 0.469. The molecule has 19 heavy (non-hydrogen) atoms. The highest BCUT2D eigenvalue weighted by molar-refractivity contribution is 5.69. The van der Waals surface area contributed by atoms with E-state index in [0.717, 1.165) is 0 Å². The molecule has 0 radical (unpaired) electrons. The van der Waals surface area contributed by atoms with Crippen LogP contribution in [0.2, 0.25) is 0 Å². The molecule has 1 heterocycles. The van der Waals surface area contributed by atoms with Gasteiger partial charge in [-0.2, -0.15) is 13.2 Å². The van der Waals surface area contributed by atoms with Gasteiger partial charge in [-0.25, -0.2) is 0 Å². The fraction of sp³-hybridized carbons (Fsp3) is 0.308. The number of rotatable bonds is 3. The summed E-state index contributed by atoms with van der Waals surface area (Å²) >= 11 is 0. The third-order valence-corrected chi connectivity index (χ3v) is 2.88. The number of alkyl halides is 3. The predicted molar refractivity (Wildman–Crippen MR) is 61.7 cm³/mol. The van der Waals surface area contributed by atoms with Crippen molar-refractivity contribution in [3.05, 3.63) is 35.4 Å². The number of hydrogen-bond donors (Lipinski definition) is 1. The van der Waals surface area contributed by atoms with Crippen LogP contribution in [0.15, 0.2) is 29.8 Å². The minimum Gasteiger partial charge on any atom is -0.489 e. The summed E-state index contributed by atoms with van der Waals surface area (Å²) < 4.78 is 43.9. The Labute approximate surface area is 107 Å². The van der Waals surface area contributed by atoms with E-state index >= 15 is 0 Å². The number of aliphatic carboxylic acids is 1. The van der Waals surface area contributed by atoms with E-state index in [0.29, 0.717) is 11.3 Å².